The molecule has 0 saturated carbocycles. The van der Waals surface area contributed by atoms with Gasteiger partial charge >= 0.3 is 0 Å². The molecule has 5 heterocycles. The second kappa shape index (κ2) is 7.31. The Labute approximate surface area is 169 Å². The maximum absolute atomic E-state index is 5.75. The lowest BCUT2D eigenvalue weighted by Crippen LogP contribution is -2.32. The summed E-state index contributed by atoms with van der Waals surface area (Å²) in [6.45, 7) is 7.98. The van der Waals surface area contributed by atoms with E-state index in [0.29, 0.717) is 17.4 Å². The van der Waals surface area contributed by atoms with Crippen LogP contribution in [0, 0.1) is 5.41 Å². The fourth-order valence-electron chi connectivity index (χ4n) is 4.87. The Bertz CT molecular complexity index is 970. The van der Waals surface area contributed by atoms with Crippen LogP contribution in [0.1, 0.15) is 30.7 Å². The highest BCUT2D eigenvalue weighted by Gasteiger charge is 2.52. The summed E-state index contributed by atoms with van der Waals surface area (Å²) in [5.41, 5.74) is 2.03. The van der Waals surface area contributed by atoms with Crippen molar-refractivity contribution in [1.29, 1.82) is 0 Å². The minimum absolute atomic E-state index is 0.141. The van der Waals surface area contributed by atoms with Crippen molar-refractivity contribution in [2.24, 2.45) is 5.41 Å². The number of likely N-dealkylation sites (tertiary alicyclic amines) is 2. The van der Waals surface area contributed by atoms with Gasteiger partial charge in [0, 0.05) is 62.3 Å². The molecule has 29 heavy (non-hydrogen) atoms. The zero-order chi connectivity index (χ0) is 19.8. The molecule has 2 saturated heterocycles. The lowest BCUT2D eigenvalue weighted by Gasteiger charge is -2.27. The molecule has 0 bridgehead atoms. The summed E-state index contributed by atoms with van der Waals surface area (Å²) < 4.78 is 7.73. The summed E-state index contributed by atoms with van der Waals surface area (Å²) in [6.07, 6.45) is 10.2. The van der Waals surface area contributed by atoms with Crippen molar-refractivity contribution in [2.75, 3.05) is 33.2 Å². The van der Waals surface area contributed by atoms with Crippen LogP contribution >= 0.6 is 0 Å². The van der Waals surface area contributed by atoms with Gasteiger partial charge in [-0.2, -0.15) is 10.1 Å². The van der Waals surface area contributed by atoms with Gasteiger partial charge in [0.1, 0.15) is 5.69 Å². The van der Waals surface area contributed by atoms with Crippen LogP contribution in [0.25, 0.3) is 11.5 Å². The normalized spacial score (nSPS) is 25.4. The molecule has 3 aromatic rings. The summed E-state index contributed by atoms with van der Waals surface area (Å²) in [6, 6.07) is 0. The number of aryl methyl sites for hydroxylation is 1. The van der Waals surface area contributed by atoms with Crippen LogP contribution in [0.3, 0.4) is 0 Å². The van der Waals surface area contributed by atoms with Crippen LogP contribution in [0.5, 0.6) is 0 Å². The summed E-state index contributed by atoms with van der Waals surface area (Å²) in [5, 5.41) is 8.61. The van der Waals surface area contributed by atoms with E-state index >= 15 is 0 Å². The largest absolute Gasteiger partial charge is 0.339 e. The van der Waals surface area contributed by atoms with Crippen molar-refractivity contribution >= 4 is 0 Å². The van der Waals surface area contributed by atoms with Crippen LogP contribution in [-0.2, 0) is 13.1 Å². The van der Waals surface area contributed by atoms with Gasteiger partial charge < -0.3 is 9.42 Å². The predicted octanol–water partition coefficient (Wildman–Crippen LogP) is 1.66. The molecule has 0 aromatic carbocycles. The Balaban J connectivity index is 1.40. The van der Waals surface area contributed by atoms with Crippen molar-refractivity contribution in [3.8, 4) is 11.5 Å². The molecule has 0 radical (unpaired) electrons. The molecular weight excluding hydrogens is 368 g/mol. The Morgan fingerprint density at radius 2 is 2.17 bits per heavy atom. The number of nitrogens with zero attached hydrogens (tertiary/aromatic N) is 8. The molecule has 2 fully saturated rings. The third-order valence-corrected chi connectivity index (χ3v) is 6.24. The van der Waals surface area contributed by atoms with Gasteiger partial charge in [-0.3, -0.25) is 14.6 Å². The molecule has 9 heteroatoms. The predicted molar refractivity (Wildman–Crippen MR) is 106 cm³/mol. The summed E-state index contributed by atoms with van der Waals surface area (Å²) in [5.74, 6) is 1.44. The smallest absolute Gasteiger partial charge is 0.232 e. The molecule has 152 valence electrons. The van der Waals surface area contributed by atoms with Crippen molar-refractivity contribution < 1.29 is 4.52 Å². The van der Waals surface area contributed by atoms with Gasteiger partial charge in [-0.15, -0.1) is 0 Å². The highest BCUT2D eigenvalue weighted by molar-refractivity contribution is 5.45. The maximum atomic E-state index is 5.75. The minimum atomic E-state index is 0.141. The third-order valence-electron chi connectivity index (χ3n) is 6.24. The Hall–Kier alpha value is -2.65. The molecular formula is C20H26N8O. The van der Waals surface area contributed by atoms with Gasteiger partial charge in [0.2, 0.25) is 11.7 Å². The van der Waals surface area contributed by atoms with Crippen LogP contribution in [-0.4, -0.2) is 72.9 Å². The van der Waals surface area contributed by atoms with Gasteiger partial charge in [-0.1, -0.05) is 5.16 Å². The molecule has 0 amide bonds. The number of hydrogen-bond acceptors (Lipinski definition) is 8. The van der Waals surface area contributed by atoms with Gasteiger partial charge in [-0.05, 0) is 26.9 Å². The van der Waals surface area contributed by atoms with Gasteiger partial charge in [-0.25, -0.2) is 4.98 Å². The van der Waals surface area contributed by atoms with E-state index in [1.807, 2.05) is 10.9 Å². The molecule has 9 nitrogen and oxygen atoms in total. The number of hydrogen-bond donors (Lipinski definition) is 0. The van der Waals surface area contributed by atoms with Crippen molar-refractivity contribution in [3.63, 3.8) is 0 Å². The fourth-order valence-corrected chi connectivity index (χ4v) is 4.87. The molecule has 3 aromatic heterocycles. The average Bonchev–Trinajstić information content (AvgIpc) is 3.51. The summed E-state index contributed by atoms with van der Waals surface area (Å²) >= 11 is 0. The highest BCUT2D eigenvalue weighted by Crippen LogP contribution is 2.48. The lowest BCUT2D eigenvalue weighted by molar-refractivity contribution is 0.223. The first kappa shape index (κ1) is 18.4. The van der Waals surface area contributed by atoms with Crippen molar-refractivity contribution in [2.45, 2.75) is 32.4 Å². The second-order valence-corrected chi connectivity index (χ2v) is 8.32. The molecule has 0 N–H and O–H groups in total. The van der Waals surface area contributed by atoms with E-state index in [0.717, 1.165) is 45.7 Å². The first-order chi connectivity index (χ1) is 14.1. The molecule has 2 atom stereocenters. The standard InChI is InChI=1S/C20H26N8O/c1-3-28-11-15(8-23-28)10-27-12-16(20(14-27)4-7-26(2)13-20)19-24-18(25-29-19)17-9-21-5-6-22-17/h5-6,8-9,11,16H,3-4,7,10,12-14H2,1-2H3/t16-,20-/m0/s1. The van der Waals surface area contributed by atoms with E-state index in [1.54, 1.807) is 18.6 Å². The van der Waals surface area contributed by atoms with Crippen LogP contribution in [0.2, 0.25) is 0 Å². The summed E-state index contributed by atoms with van der Waals surface area (Å²) in [4.78, 5) is 18.0. The quantitative estimate of drug-likeness (QED) is 0.646. The third kappa shape index (κ3) is 3.44. The van der Waals surface area contributed by atoms with Crippen LogP contribution in [0.4, 0.5) is 0 Å². The highest BCUT2D eigenvalue weighted by atomic mass is 16.5. The zero-order valence-electron chi connectivity index (χ0n) is 16.9. The van der Waals surface area contributed by atoms with Gasteiger partial charge in [0.25, 0.3) is 0 Å². The van der Waals surface area contributed by atoms with Crippen LogP contribution in [0.15, 0.2) is 35.5 Å². The van der Waals surface area contributed by atoms with E-state index in [4.69, 9.17) is 9.51 Å². The maximum Gasteiger partial charge on any atom is 0.232 e. The van der Waals surface area contributed by atoms with E-state index in [1.165, 1.54) is 5.56 Å². The Morgan fingerprint density at radius 3 is 2.90 bits per heavy atom. The topological polar surface area (TPSA) is 89.0 Å². The van der Waals surface area contributed by atoms with E-state index in [-0.39, 0.29) is 11.3 Å². The lowest BCUT2D eigenvalue weighted by atomic mass is 9.77. The Kier molecular flexibility index (Phi) is 4.63. The first-order valence-corrected chi connectivity index (χ1v) is 10.2. The Morgan fingerprint density at radius 1 is 1.24 bits per heavy atom. The van der Waals surface area contributed by atoms with E-state index in [9.17, 15) is 0 Å². The van der Waals surface area contributed by atoms with Gasteiger partial charge in [0.05, 0.1) is 18.3 Å². The molecule has 0 aliphatic carbocycles. The summed E-state index contributed by atoms with van der Waals surface area (Å²) in [7, 11) is 2.19. The minimum Gasteiger partial charge on any atom is -0.339 e. The van der Waals surface area contributed by atoms with E-state index in [2.05, 4.69) is 50.2 Å². The number of rotatable bonds is 5. The zero-order valence-corrected chi connectivity index (χ0v) is 16.9. The fraction of sp³-hybridized carbons (Fsp3) is 0.550. The monoisotopic (exact) mass is 394 g/mol. The van der Waals surface area contributed by atoms with Crippen molar-refractivity contribution in [3.05, 3.63) is 42.4 Å². The second-order valence-electron chi connectivity index (χ2n) is 8.32. The van der Waals surface area contributed by atoms with E-state index < -0.39 is 0 Å². The molecule has 5 rings (SSSR count). The van der Waals surface area contributed by atoms with Gasteiger partial charge in [0.15, 0.2) is 0 Å². The first-order valence-electron chi connectivity index (χ1n) is 10.2. The number of aromatic nitrogens is 6. The molecule has 0 unspecified atom stereocenters. The average molecular weight is 394 g/mol. The van der Waals surface area contributed by atoms with Crippen molar-refractivity contribution in [1.82, 2.24) is 39.7 Å². The molecule has 2 aliphatic rings. The SMILES string of the molecule is CCn1cc(CN2C[C@@H](c3nc(-c4cnccn4)no3)[C@]3(CCN(C)C3)C2)cn1. The molecule has 2 aliphatic heterocycles. The molecule has 1 spiro atoms. The van der Waals surface area contributed by atoms with Crippen LogP contribution < -0.4 is 0 Å².